The monoisotopic (exact) mass is 399 g/mol. The van der Waals surface area contributed by atoms with E-state index < -0.39 is 0 Å². The number of ether oxygens (including phenoxy) is 2. The first-order valence-corrected chi connectivity index (χ1v) is 9.81. The molecule has 0 aliphatic carbocycles. The number of carbonyl (C=O) groups is 1. The van der Waals surface area contributed by atoms with E-state index in [1.165, 1.54) is 0 Å². The number of rotatable bonds is 3. The lowest BCUT2D eigenvalue weighted by molar-refractivity contribution is -0.143. The van der Waals surface area contributed by atoms with Gasteiger partial charge < -0.3 is 19.7 Å². The predicted molar refractivity (Wildman–Crippen MR) is 109 cm³/mol. The minimum Gasteiger partial charge on any atom is -0.466 e. The summed E-state index contributed by atoms with van der Waals surface area (Å²) in [6, 6.07) is 13.3. The Balaban J connectivity index is 1.67. The van der Waals surface area contributed by atoms with Gasteiger partial charge in [-0.3, -0.25) is 4.79 Å². The van der Waals surface area contributed by atoms with E-state index >= 15 is 0 Å². The van der Waals surface area contributed by atoms with Gasteiger partial charge in [0.2, 0.25) is 0 Å². The molecule has 0 unspecified atom stereocenters. The van der Waals surface area contributed by atoms with Crippen LogP contribution in [0.25, 0.3) is 0 Å². The van der Waals surface area contributed by atoms with Gasteiger partial charge in [-0.25, -0.2) is 4.99 Å². The van der Waals surface area contributed by atoms with Crippen LogP contribution >= 0.6 is 11.6 Å². The number of para-hydroxylation sites is 1. The van der Waals surface area contributed by atoms with Crippen molar-refractivity contribution in [3.63, 3.8) is 0 Å². The largest absolute Gasteiger partial charge is 0.466 e. The number of carbonyl (C=O) groups excluding carboxylic acids is 1. The lowest BCUT2D eigenvalue weighted by atomic mass is 10.1. The van der Waals surface area contributed by atoms with Gasteiger partial charge in [-0.1, -0.05) is 23.7 Å². The molecule has 28 heavy (non-hydrogen) atoms. The zero-order chi connectivity index (χ0) is 19.5. The van der Waals surface area contributed by atoms with Crippen molar-refractivity contribution >= 4 is 29.1 Å². The first-order valence-electron chi connectivity index (χ1n) is 9.43. The van der Waals surface area contributed by atoms with Gasteiger partial charge in [0, 0.05) is 30.7 Å². The molecule has 7 heteroatoms. The van der Waals surface area contributed by atoms with Crippen LogP contribution in [0.3, 0.4) is 0 Å². The summed E-state index contributed by atoms with van der Waals surface area (Å²) in [7, 11) is 0. The minimum atomic E-state index is -0.189. The Hall–Kier alpha value is -2.57. The molecule has 0 radical (unpaired) electrons. The molecule has 4 rings (SSSR count). The standard InChI is InChI=1S/C21H22ClN3O3/c1-2-27-20(26)12-15-13-25(10-9-23-15)21-16-5-3-4-6-18(16)28-19-8-7-14(22)11-17(19)24-21/h3-8,11,15,23H,2,9-10,12-13H2,1H3/t15-/m0/s1. The van der Waals surface area contributed by atoms with Crippen molar-refractivity contribution in [1.82, 2.24) is 10.2 Å². The highest BCUT2D eigenvalue weighted by Gasteiger charge is 2.28. The van der Waals surface area contributed by atoms with Crippen molar-refractivity contribution in [2.45, 2.75) is 19.4 Å². The molecule has 1 N–H and O–H groups in total. The summed E-state index contributed by atoms with van der Waals surface area (Å²) in [6.07, 6.45) is 0.332. The normalized spacial score (nSPS) is 18.3. The Labute approximate surface area is 169 Å². The maximum absolute atomic E-state index is 11.9. The van der Waals surface area contributed by atoms with Crippen molar-refractivity contribution in [3.05, 3.63) is 53.1 Å². The number of hydrogen-bond acceptors (Lipinski definition) is 6. The quantitative estimate of drug-likeness (QED) is 0.796. The van der Waals surface area contributed by atoms with Crippen LogP contribution in [0.5, 0.6) is 11.5 Å². The number of halogens is 1. The van der Waals surface area contributed by atoms with Crippen molar-refractivity contribution in [2.75, 3.05) is 26.2 Å². The van der Waals surface area contributed by atoms with Gasteiger partial charge in [0.25, 0.3) is 0 Å². The first-order chi connectivity index (χ1) is 13.6. The smallest absolute Gasteiger partial charge is 0.307 e. The molecule has 2 heterocycles. The summed E-state index contributed by atoms with van der Waals surface area (Å²) in [5.41, 5.74) is 1.62. The summed E-state index contributed by atoms with van der Waals surface area (Å²) in [5.74, 6) is 2.06. The number of fused-ring (bicyclic) bond motifs is 2. The fourth-order valence-electron chi connectivity index (χ4n) is 3.51. The van der Waals surface area contributed by atoms with Crippen LogP contribution in [-0.4, -0.2) is 49.0 Å². The molecule has 1 atom stereocenters. The second kappa shape index (κ2) is 8.20. The number of benzene rings is 2. The molecule has 2 aromatic carbocycles. The number of piperazine rings is 1. The van der Waals surface area contributed by atoms with Crippen LogP contribution in [-0.2, 0) is 9.53 Å². The Kier molecular flexibility index (Phi) is 5.50. The van der Waals surface area contributed by atoms with Crippen molar-refractivity contribution in [1.29, 1.82) is 0 Å². The van der Waals surface area contributed by atoms with Crippen molar-refractivity contribution in [3.8, 4) is 11.5 Å². The molecule has 2 aliphatic heterocycles. The van der Waals surface area contributed by atoms with Gasteiger partial charge in [-0.2, -0.15) is 0 Å². The van der Waals surface area contributed by atoms with E-state index in [4.69, 9.17) is 26.1 Å². The molecule has 1 fully saturated rings. The summed E-state index contributed by atoms with van der Waals surface area (Å²) >= 11 is 6.19. The highest BCUT2D eigenvalue weighted by Crippen LogP contribution is 2.39. The van der Waals surface area contributed by atoms with Crippen LogP contribution < -0.4 is 10.1 Å². The van der Waals surface area contributed by atoms with Crippen LogP contribution in [0, 0.1) is 0 Å². The van der Waals surface area contributed by atoms with Gasteiger partial charge in [0.05, 0.1) is 18.6 Å². The van der Waals surface area contributed by atoms with Gasteiger partial charge in [0.1, 0.15) is 17.3 Å². The number of esters is 1. The third kappa shape index (κ3) is 3.98. The number of aliphatic imine (C=N–C) groups is 1. The highest BCUT2D eigenvalue weighted by molar-refractivity contribution is 6.31. The van der Waals surface area contributed by atoms with Crippen molar-refractivity contribution in [2.24, 2.45) is 4.99 Å². The van der Waals surface area contributed by atoms with E-state index in [2.05, 4.69) is 10.2 Å². The SMILES string of the molecule is CCOC(=O)C[C@H]1CN(C2=Nc3cc(Cl)ccc3Oc3ccccc32)CCN1. The van der Waals surface area contributed by atoms with Gasteiger partial charge >= 0.3 is 5.97 Å². The fourth-order valence-corrected chi connectivity index (χ4v) is 3.68. The second-order valence-corrected chi connectivity index (χ2v) is 7.19. The van der Waals surface area contributed by atoms with E-state index in [-0.39, 0.29) is 12.0 Å². The third-order valence-electron chi connectivity index (χ3n) is 4.77. The van der Waals surface area contributed by atoms with Crippen LogP contribution in [0.15, 0.2) is 47.5 Å². The summed E-state index contributed by atoms with van der Waals surface area (Å²) in [5, 5.41) is 4.00. The summed E-state index contributed by atoms with van der Waals surface area (Å²) in [4.78, 5) is 19.0. The Bertz CT molecular complexity index is 916. The second-order valence-electron chi connectivity index (χ2n) is 6.75. The highest BCUT2D eigenvalue weighted by atomic mass is 35.5. The van der Waals surface area contributed by atoms with Gasteiger partial charge in [0.15, 0.2) is 5.75 Å². The van der Waals surface area contributed by atoms with E-state index in [1.807, 2.05) is 37.3 Å². The lowest BCUT2D eigenvalue weighted by Crippen LogP contribution is -2.53. The zero-order valence-electron chi connectivity index (χ0n) is 15.7. The maximum Gasteiger partial charge on any atom is 0.307 e. The maximum atomic E-state index is 11.9. The van der Waals surface area contributed by atoms with E-state index in [1.54, 1.807) is 12.1 Å². The predicted octanol–water partition coefficient (Wildman–Crippen LogP) is 3.75. The number of hydrogen-bond donors (Lipinski definition) is 1. The van der Waals surface area contributed by atoms with Crippen LogP contribution in [0.2, 0.25) is 5.02 Å². The number of nitrogens with zero attached hydrogens (tertiary/aromatic N) is 2. The Morgan fingerprint density at radius 1 is 1.32 bits per heavy atom. The Morgan fingerprint density at radius 2 is 2.18 bits per heavy atom. The van der Waals surface area contributed by atoms with E-state index in [0.717, 1.165) is 30.2 Å². The molecular weight excluding hydrogens is 378 g/mol. The average molecular weight is 400 g/mol. The molecule has 1 saturated heterocycles. The van der Waals surface area contributed by atoms with Gasteiger partial charge in [-0.05, 0) is 37.3 Å². The Morgan fingerprint density at radius 3 is 3.04 bits per heavy atom. The molecule has 0 bridgehead atoms. The molecule has 0 saturated carbocycles. The van der Waals surface area contributed by atoms with E-state index in [0.29, 0.717) is 36.0 Å². The van der Waals surface area contributed by atoms with Gasteiger partial charge in [-0.15, -0.1) is 0 Å². The molecule has 2 aliphatic rings. The van der Waals surface area contributed by atoms with Crippen LogP contribution in [0.4, 0.5) is 5.69 Å². The number of nitrogens with one attached hydrogen (secondary N) is 1. The number of amidine groups is 1. The summed E-state index contributed by atoms with van der Waals surface area (Å²) in [6.45, 7) is 4.40. The topological polar surface area (TPSA) is 63.2 Å². The third-order valence-corrected chi connectivity index (χ3v) is 5.00. The van der Waals surface area contributed by atoms with E-state index in [9.17, 15) is 4.79 Å². The minimum absolute atomic E-state index is 0.00525. The zero-order valence-corrected chi connectivity index (χ0v) is 16.4. The molecule has 0 aromatic heterocycles. The van der Waals surface area contributed by atoms with Crippen LogP contribution in [0.1, 0.15) is 18.9 Å². The molecular formula is C21H22ClN3O3. The summed E-state index contributed by atoms with van der Waals surface area (Å²) < 4.78 is 11.2. The molecule has 0 amide bonds. The molecule has 6 nitrogen and oxygen atoms in total. The lowest BCUT2D eigenvalue weighted by Gasteiger charge is -2.35. The van der Waals surface area contributed by atoms with Crippen molar-refractivity contribution < 1.29 is 14.3 Å². The molecule has 0 spiro atoms. The fraction of sp³-hybridized carbons (Fsp3) is 0.333. The molecule has 146 valence electrons. The first kappa shape index (κ1) is 18.8. The average Bonchev–Trinajstić information content (AvgIpc) is 2.85. The molecule has 2 aromatic rings.